The Hall–Kier alpha value is 0.150. The quantitative estimate of drug-likeness (QED) is 0.553. The highest BCUT2D eigenvalue weighted by Crippen LogP contribution is 2.39. The first-order chi connectivity index (χ1) is 3.50. The van der Waals surface area contributed by atoms with Crippen LogP contribution in [0.5, 0.6) is 0 Å². The molecule has 0 bridgehead atoms. The van der Waals surface area contributed by atoms with Crippen LogP contribution in [0.1, 0.15) is 13.8 Å². The molecule has 0 saturated carbocycles. The van der Waals surface area contributed by atoms with Crippen LogP contribution >= 0.6 is 7.52 Å². The van der Waals surface area contributed by atoms with Gasteiger partial charge < -0.3 is 4.89 Å². The van der Waals surface area contributed by atoms with Gasteiger partial charge in [0.1, 0.15) is 0 Å². The maximum absolute atomic E-state index is 10.7. The Labute approximate surface area is 49.6 Å². The zero-order chi connectivity index (χ0) is 6.78. The molecule has 0 spiro atoms. The van der Waals surface area contributed by atoms with Crippen LogP contribution in [-0.2, 0) is 4.57 Å². The molecule has 1 unspecified atom stereocenters. The van der Waals surface area contributed by atoms with Gasteiger partial charge >= 0.3 is 0 Å². The predicted molar refractivity (Wildman–Crippen MR) is 34.0 cm³/mol. The molecule has 0 aromatic carbocycles. The van der Waals surface area contributed by atoms with Crippen molar-refractivity contribution in [1.29, 1.82) is 0 Å². The van der Waals surface area contributed by atoms with Gasteiger partial charge in [-0.25, -0.2) is 5.09 Å². The van der Waals surface area contributed by atoms with Gasteiger partial charge in [0.2, 0.25) is 0 Å². The lowest BCUT2D eigenvalue weighted by Gasteiger charge is -2.12. The normalized spacial score (nSPS) is 18.6. The zero-order valence-corrected chi connectivity index (χ0v) is 6.27. The number of hydrogen-bond donors (Lipinski definition) is 2. The lowest BCUT2D eigenvalue weighted by molar-refractivity contribution is 0.459. The van der Waals surface area contributed by atoms with E-state index >= 15 is 0 Å². The molecule has 3 nitrogen and oxygen atoms in total. The number of hydrogen-bond acceptors (Lipinski definition) is 1. The Morgan fingerprint density at radius 3 is 2.00 bits per heavy atom. The lowest BCUT2D eigenvalue weighted by Crippen LogP contribution is -2.10. The lowest BCUT2D eigenvalue weighted by atomic mass is 10.6. The van der Waals surface area contributed by atoms with Crippen molar-refractivity contribution < 1.29 is 9.46 Å². The molecule has 0 aromatic heterocycles. The monoisotopic (exact) mass is 137 g/mol. The summed E-state index contributed by atoms with van der Waals surface area (Å²) < 4.78 is 10.7. The fraction of sp³-hybridized carbons (Fsp3) is 1.00. The highest BCUT2D eigenvalue weighted by atomic mass is 31.2. The Morgan fingerprint density at radius 2 is 2.00 bits per heavy atom. The van der Waals surface area contributed by atoms with Crippen molar-refractivity contribution in [2.75, 3.05) is 7.05 Å². The van der Waals surface area contributed by atoms with Crippen molar-refractivity contribution >= 4 is 7.52 Å². The van der Waals surface area contributed by atoms with Crippen LogP contribution in [0.2, 0.25) is 0 Å². The van der Waals surface area contributed by atoms with E-state index in [1.165, 1.54) is 7.05 Å². The first-order valence-electron chi connectivity index (χ1n) is 2.52. The molecular formula is C4H12NO2P. The molecule has 1 atom stereocenters. The summed E-state index contributed by atoms with van der Waals surface area (Å²) in [5, 5.41) is 2.35. The topological polar surface area (TPSA) is 49.3 Å². The summed E-state index contributed by atoms with van der Waals surface area (Å²) in [5.74, 6) is 0. The first-order valence-corrected chi connectivity index (χ1v) is 4.25. The van der Waals surface area contributed by atoms with Crippen molar-refractivity contribution in [3.63, 3.8) is 0 Å². The van der Waals surface area contributed by atoms with E-state index in [9.17, 15) is 4.57 Å². The molecule has 0 saturated heterocycles. The van der Waals surface area contributed by atoms with E-state index in [1.807, 2.05) is 0 Å². The number of nitrogens with one attached hydrogen (secondary N) is 1. The van der Waals surface area contributed by atoms with Crippen molar-refractivity contribution in [1.82, 2.24) is 5.09 Å². The van der Waals surface area contributed by atoms with Crippen LogP contribution in [0.25, 0.3) is 0 Å². The van der Waals surface area contributed by atoms with Crippen molar-refractivity contribution in [2.24, 2.45) is 0 Å². The molecule has 8 heavy (non-hydrogen) atoms. The predicted octanol–water partition coefficient (Wildman–Crippen LogP) is 0.800. The standard InChI is InChI=1S/C4H12NO2P/c1-4(2)8(6,7)5-3/h4H,1-3H3,(H2,5,6,7). The molecule has 0 rings (SSSR count). The van der Waals surface area contributed by atoms with E-state index in [2.05, 4.69) is 5.09 Å². The SMILES string of the molecule is CNP(=O)(O)C(C)C. The molecule has 0 aliphatic carbocycles. The molecule has 0 fully saturated rings. The highest BCUT2D eigenvalue weighted by Gasteiger charge is 2.18. The Kier molecular flexibility index (Phi) is 2.67. The van der Waals surface area contributed by atoms with Gasteiger partial charge in [-0.05, 0) is 7.05 Å². The number of rotatable bonds is 2. The molecule has 0 aromatic rings. The summed E-state index contributed by atoms with van der Waals surface area (Å²) in [6.07, 6.45) is 0. The van der Waals surface area contributed by atoms with Crippen LogP contribution in [0, 0.1) is 0 Å². The summed E-state index contributed by atoms with van der Waals surface area (Å²) in [6.45, 7) is 3.41. The molecular weight excluding hydrogens is 125 g/mol. The summed E-state index contributed by atoms with van der Waals surface area (Å²) in [7, 11) is -1.51. The van der Waals surface area contributed by atoms with Gasteiger partial charge in [-0.1, -0.05) is 13.8 Å². The van der Waals surface area contributed by atoms with E-state index in [1.54, 1.807) is 13.8 Å². The fourth-order valence-corrected chi connectivity index (χ4v) is 0.775. The summed E-state index contributed by atoms with van der Waals surface area (Å²) in [5.41, 5.74) is -0.188. The van der Waals surface area contributed by atoms with E-state index < -0.39 is 7.52 Å². The Morgan fingerprint density at radius 1 is 1.62 bits per heavy atom. The molecule has 0 aliphatic rings. The molecule has 0 amide bonds. The third kappa shape index (κ3) is 1.95. The van der Waals surface area contributed by atoms with Crippen LogP contribution in [0.4, 0.5) is 0 Å². The average Bonchev–Trinajstić information content (AvgIpc) is 1.67. The van der Waals surface area contributed by atoms with Gasteiger partial charge in [-0.15, -0.1) is 0 Å². The molecule has 50 valence electrons. The Bertz CT molecular complexity index is 113. The smallest absolute Gasteiger partial charge is 0.269 e. The maximum atomic E-state index is 10.7. The summed E-state index contributed by atoms with van der Waals surface area (Å²) in [4.78, 5) is 8.84. The van der Waals surface area contributed by atoms with Crippen LogP contribution in [0.3, 0.4) is 0 Å². The molecule has 0 radical (unpaired) electrons. The van der Waals surface area contributed by atoms with Gasteiger partial charge in [0.05, 0.1) is 0 Å². The van der Waals surface area contributed by atoms with Crippen molar-refractivity contribution in [3.8, 4) is 0 Å². The van der Waals surface area contributed by atoms with E-state index in [-0.39, 0.29) is 5.66 Å². The van der Waals surface area contributed by atoms with Gasteiger partial charge in [0, 0.05) is 5.66 Å². The second kappa shape index (κ2) is 2.62. The van der Waals surface area contributed by atoms with Crippen molar-refractivity contribution in [2.45, 2.75) is 19.5 Å². The maximum Gasteiger partial charge on any atom is 0.269 e. The third-order valence-corrected chi connectivity index (χ3v) is 3.06. The van der Waals surface area contributed by atoms with Gasteiger partial charge in [0.25, 0.3) is 7.52 Å². The second-order valence-corrected chi connectivity index (χ2v) is 4.67. The minimum atomic E-state index is -3.00. The van der Waals surface area contributed by atoms with E-state index in [4.69, 9.17) is 4.89 Å². The fourth-order valence-electron chi connectivity index (χ4n) is 0.258. The van der Waals surface area contributed by atoms with E-state index in [0.29, 0.717) is 0 Å². The van der Waals surface area contributed by atoms with Gasteiger partial charge in [0.15, 0.2) is 0 Å². The summed E-state index contributed by atoms with van der Waals surface area (Å²) >= 11 is 0. The minimum Gasteiger partial charge on any atom is -0.333 e. The average molecular weight is 137 g/mol. The third-order valence-electron chi connectivity index (χ3n) is 1.02. The first kappa shape index (κ1) is 8.15. The van der Waals surface area contributed by atoms with E-state index in [0.717, 1.165) is 0 Å². The largest absolute Gasteiger partial charge is 0.333 e. The zero-order valence-electron chi connectivity index (χ0n) is 5.38. The van der Waals surface area contributed by atoms with Crippen LogP contribution < -0.4 is 5.09 Å². The molecule has 4 heteroatoms. The van der Waals surface area contributed by atoms with Crippen LogP contribution in [-0.4, -0.2) is 17.6 Å². The minimum absolute atomic E-state index is 0.188. The summed E-state index contributed by atoms with van der Waals surface area (Å²) in [6, 6.07) is 0. The van der Waals surface area contributed by atoms with Crippen molar-refractivity contribution in [3.05, 3.63) is 0 Å². The second-order valence-electron chi connectivity index (χ2n) is 1.94. The van der Waals surface area contributed by atoms with Crippen LogP contribution in [0.15, 0.2) is 0 Å². The molecule has 0 aliphatic heterocycles. The van der Waals surface area contributed by atoms with Gasteiger partial charge in [-0.2, -0.15) is 0 Å². The molecule has 0 heterocycles. The molecule has 2 N–H and O–H groups in total. The van der Waals surface area contributed by atoms with Gasteiger partial charge in [-0.3, -0.25) is 4.57 Å². The highest BCUT2D eigenvalue weighted by molar-refractivity contribution is 7.56. The Balaban J connectivity index is 3.93.